The van der Waals surface area contributed by atoms with E-state index in [4.69, 9.17) is 4.52 Å². The minimum absolute atomic E-state index is 0.669. The molecule has 5 heteroatoms. The summed E-state index contributed by atoms with van der Waals surface area (Å²) in [4.78, 5) is 5.82. The Morgan fingerprint density at radius 3 is 2.71 bits per heavy atom. The molecule has 1 N–H and O–H groups in total. The zero-order chi connectivity index (χ0) is 14.5. The summed E-state index contributed by atoms with van der Waals surface area (Å²) in [5.74, 6) is 3.22. The number of hydrogen-bond donors (Lipinski definition) is 1. The fraction of sp³-hybridized carbons (Fsp3) is 0.500. The standard InChI is InChI=1S/C16H21N3OS/c1-2-21-14-5-3-13(4-6-14)16-18-15(20-19-16)11-12-7-9-17-10-8-12/h3-6,12,17H,2,7-11H2,1H3. The van der Waals surface area contributed by atoms with Crippen LogP contribution in [0.3, 0.4) is 0 Å². The van der Waals surface area contributed by atoms with Crippen LogP contribution in [0.4, 0.5) is 0 Å². The molecule has 0 saturated carbocycles. The predicted octanol–water partition coefficient (Wildman–Crippen LogP) is 3.39. The number of rotatable bonds is 5. The summed E-state index contributed by atoms with van der Waals surface area (Å²) in [6.07, 6.45) is 3.29. The smallest absolute Gasteiger partial charge is 0.227 e. The summed E-state index contributed by atoms with van der Waals surface area (Å²) in [5, 5.41) is 7.50. The number of nitrogens with one attached hydrogen (secondary N) is 1. The van der Waals surface area contributed by atoms with Crippen molar-refractivity contribution in [3.05, 3.63) is 30.2 Å². The average molecular weight is 303 g/mol. The molecule has 112 valence electrons. The van der Waals surface area contributed by atoms with Crippen LogP contribution in [0.25, 0.3) is 11.4 Å². The van der Waals surface area contributed by atoms with Crippen molar-refractivity contribution in [2.45, 2.75) is 31.1 Å². The summed E-state index contributed by atoms with van der Waals surface area (Å²) in [7, 11) is 0. The first kappa shape index (κ1) is 14.6. The van der Waals surface area contributed by atoms with Crippen LogP contribution in [0, 0.1) is 5.92 Å². The maximum absolute atomic E-state index is 5.41. The zero-order valence-corrected chi connectivity index (χ0v) is 13.2. The van der Waals surface area contributed by atoms with Crippen molar-refractivity contribution in [2.75, 3.05) is 18.8 Å². The van der Waals surface area contributed by atoms with Gasteiger partial charge in [-0.25, -0.2) is 0 Å². The molecule has 21 heavy (non-hydrogen) atoms. The van der Waals surface area contributed by atoms with E-state index in [1.807, 2.05) is 11.8 Å². The average Bonchev–Trinajstić information content (AvgIpc) is 2.98. The van der Waals surface area contributed by atoms with Gasteiger partial charge in [0, 0.05) is 16.9 Å². The Bertz CT molecular complexity index is 561. The zero-order valence-electron chi connectivity index (χ0n) is 12.3. The fourth-order valence-corrected chi connectivity index (χ4v) is 3.32. The Hall–Kier alpha value is -1.33. The largest absolute Gasteiger partial charge is 0.339 e. The number of thioether (sulfide) groups is 1. The van der Waals surface area contributed by atoms with Crippen LogP contribution >= 0.6 is 11.8 Å². The number of aromatic nitrogens is 2. The van der Waals surface area contributed by atoms with Crippen LogP contribution in [0.5, 0.6) is 0 Å². The molecule has 2 heterocycles. The summed E-state index contributed by atoms with van der Waals surface area (Å²) < 4.78 is 5.41. The van der Waals surface area contributed by atoms with Crippen LogP contribution in [0.2, 0.25) is 0 Å². The van der Waals surface area contributed by atoms with E-state index in [1.54, 1.807) is 0 Å². The lowest BCUT2D eigenvalue weighted by Gasteiger charge is -2.20. The lowest BCUT2D eigenvalue weighted by atomic mass is 9.95. The van der Waals surface area contributed by atoms with E-state index in [0.29, 0.717) is 11.7 Å². The quantitative estimate of drug-likeness (QED) is 0.858. The summed E-state index contributed by atoms with van der Waals surface area (Å²) >= 11 is 1.84. The third-order valence-electron chi connectivity index (χ3n) is 3.81. The molecule has 1 fully saturated rings. The highest BCUT2D eigenvalue weighted by atomic mass is 32.2. The fourth-order valence-electron chi connectivity index (χ4n) is 2.65. The van der Waals surface area contributed by atoms with Gasteiger partial charge in [-0.05, 0) is 61.9 Å². The summed E-state index contributed by atoms with van der Waals surface area (Å²) in [6.45, 7) is 4.36. The van der Waals surface area contributed by atoms with E-state index < -0.39 is 0 Å². The van der Waals surface area contributed by atoms with Crippen LogP contribution in [0.15, 0.2) is 33.7 Å². The number of hydrogen-bond acceptors (Lipinski definition) is 5. The van der Waals surface area contributed by atoms with Crippen molar-refractivity contribution >= 4 is 11.8 Å². The molecule has 0 spiro atoms. The third kappa shape index (κ3) is 3.86. The van der Waals surface area contributed by atoms with Crippen molar-refractivity contribution in [1.82, 2.24) is 15.5 Å². The van der Waals surface area contributed by atoms with Gasteiger partial charge >= 0.3 is 0 Å². The highest BCUT2D eigenvalue weighted by Gasteiger charge is 2.17. The van der Waals surface area contributed by atoms with E-state index in [0.717, 1.165) is 36.7 Å². The van der Waals surface area contributed by atoms with Crippen molar-refractivity contribution < 1.29 is 4.52 Å². The van der Waals surface area contributed by atoms with Gasteiger partial charge in [-0.15, -0.1) is 11.8 Å². The lowest BCUT2D eigenvalue weighted by molar-refractivity contribution is 0.313. The first-order valence-corrected chi connectivity index (χ1v) is 8.60. The molecule has 0 amide bonds. The highest BCUT2D eigenvalue weighted by Crippen LogP contribution is 2.23. The molecule has 1 saturated heterocycles. The Balaban J connectivity index is 1.66. The molecule has 1 aliphatic rings. The Morgan fingerprint density at radius 2 is 2.00 bits per heavy atom. The maximum Gasteiger partial charge on any atom is 0.227 e. The minimum Gasteiger partial charge on any atom is -0.339 e. The Labute approximate surface area is 129 Å². The van der Waals surface area contributed by atoms with Crippen LogP contribution < -0.4 is 5.32 Å². The molecule has 1 aromatic carbocycles. The molecule has 0 atom stereocenters. The predicted molar refractivity (Wildman–Crippen MR) is 85.4 cm³/mol. The normalized spacial score (nSPS) is 16.2. The Morgan fingerprint density at radius 1 is 1.24 bits per heavy atom. The molecule has 0 radical (unpaired) electrons. The molecule has 0 unspecified atom stereocenters. The monoisotopic (exact) mass is 303 g/mol. The van der Waals surface area contributed by atoms with Gasteiger partial charge in [0.05, 0.1) is 0 Å². The van der Waals surface area contributed by atoms with Crippen LogP contribution in [-0.2, 0) is 6.42 Å². The Kier molecular flexibility index (Phi) is 4.93. The van der Waals surface area contributed by atoms with Crippen molar-refractivity contribution in [1.29, 1.82) is 0 Å². The third-order valence-corrected chi connectivity index (χ3v) is 4.71. The second-order valence-corrected chi connectivity index (χ2v) is 6.70. The molecule has 0 aliphatic carbocycles. The number of piperidine rings is 1. The van der Waals surface area contributed by atoms with Crippen LogP contribution in [0.1, 0.15) is 25.7 Å². The van der Waals surface area contributed by atoms with Gasteiger partial charge in [0.15, 0.2) is 0 Å². The van der Waals surface area contributed by atoms with Crippen molar-refractivity contribution in [3.8, 4) is 11.4 Å². The molecule has 1 aromatic heterocycles. The topological polar surface area (TPSA) is 51.0 Å². The number of nitrogens with zero attached hydrogens (tertiary/aromatic N) is 2. The molecule has 3 rings (SSSR count). The molecule has 2 aromatic rings. The lowest BCUT2D eigenvalue weighted by Crippen LogP contribution is -2.28. The van der Waals surface area contributed by atoms with Gasteiger partial charge in [-0.1, -0.05) is 12.1 Å². The highest BCUT2D eigenvalue weighted by molar-refractivity contribution is 7.99. The number of benzene rings is 1. The van der Waals surface area contributed by atoms with Gasteiger partial charge in [0.25, 0.3) is 0 Å². The van der Waals surface area contributed by atoms with Gasteiger partial charge in [0.1, 0.15) is 0 Å². The molecule has 0 bridgehead atoms. The summed E-state index contributed by atoms with van der Waals surface area (Å²) in [5.41, 5.74) is 1.02. The maximum atomic E-state index is 5.41. The van der Waals surface area contributed by atoms with Gasteiger partial charge in [0.2, 0.25) is 11.7 Å². The SMILES string of the molecule is CCSc1ccc(-c2noc(CC3CCNCC3)n2)cc1. The van der Waals surface area contributed by atoms with E-state index in [9.17, 15) is 0 Å². The van der Waals surface area contributed by atoms with Gasteiger partial charge in [-0.3, -0.25) is 0 Å². The van der Waals surface area contributed by atoms with E-state index in [2.05, 4.69) is 46.6 Å². The minimum atomic E-state index is 0.669. The van der Waals surface area contributed by atoms with Gasteiger partial charge < -0.3 is 9.84 Å². The second kappa shape index (κ2) is 7.09. The van der Waals surface area contributed by atoms with E-state index >= 15 is 0 Å². The first-order valence-electron chi connectivity index (χ1n) is 7.61. The molecule has 4 nitrogen and oxygen atoms in total. The first-order chi connectivity index (χ1) is 10.3. The second-order valence-electron chi connectivity index (χ2n) is 5.37. The van der Waals surface area contributed by atoms with Gasteiger partial charge in [-0.2, -0.15) is 4.98 Å². The van der Waals surface area contributed by atoms with E-state index in [-0.39, 0.29) is 0 Å². The molecular weight excluding hydrogens is 282 g/mol. The van der Waals surface area contributed by atoms with Crippen molar-refractivity contribution in [3.63, 3.8) is 0 Å². The summed E-state index contributed by atoms with van der Waals surface area (Å²) in [6, 6.07) is 8.37. The van der Waals surface area contributed by atoms with Crippen molar-refractivity contribution in [2.24, 2.45) is 5.92 Å². The van der Waals surface area contributed by atoms with Crippen LogP contribution in [-0.4, -0.2) is 29.0 Å². The molecular formula is C16H21N3OS. The van der Waals surface area contributed by atoms with E-state index in [1.165, 1.54) is 17.7 Å². The molecule has 1 aliphatic heterocycles.